The van der Waals surface area contributed by atoms with Crippen LogP contribution in [-0.2, 0) is 0 Å². The lowest BCUT2D eigenvalue weighted by Crippen LogP contribution is -1.94. The van der Waals surface area contributed by atoms with E-state index in [9.17, 15) is 10.5 Å². The van der Waals surface area contributed by atoms with Gasteiger partial charge in [0.15, 0.2) is 0 Å². The van der Waals surface area contributed by atoms with Gasteiger partial charge in [-0.05, 0) is 47.5 Å². The molecule has 0 heterocycles. The lowest BCUT2D eigenvalue weighted by molar-refractivity contribution is 0.393. The Morgan fingerprint density at radius 1 is 0.618 bits per heavy atom. The summed E-state index contributed by atoms with van der Waals surface area (Å²) in [6.45, 7) is 0. The average molecular weight is 453 g/mol. The van der Waals surface area contributed by atoms with Crippen LogP contribution in [0.25, 0.3) is 23.3 Å². The molecule has 0 aromatic heterocycles. The Hall–Kier alpha value is -4.68. The maximum atomic E-state index is 9.90. The second kappa shape index (κ2) is 11.3. The fourth-order valence-electron chi connectivity index (χ4n) is 3.47. The molecule has 0 aliphatic carbocycles. The number of hydrogen-bond acceptors (Lipinski definition) is 6. The minimum Gasteiger partial charge on any atom is -0.497 e. The molecule has 34 heavy (non-hydrogen) atoms. The Bertz CT molecular complexity index is 1220. The van der Waals surface area contributed by atoms with Crippen molar-refractivity contribution in [2.24, 2.45) is 0 Å². The molecule has 3 aromatic carbocycles. The summed E-state index contributed by atoms with van der Waals surface area (Å²) in [5, 5.41) is 19.8. The first-order valence-corrected chi connectivity index (χ1v) is 10.4. The van der Waals surface area contributed by atoms with E-state index >= 15 is 0 Å². The van der Waals surface area contributed by atoms with E-state index in [0.29, 0.717) is 45.3 Å². The minimum absolute atomic E-state index is 0.417. The summed E-state index contributed by atoms with van der Waals surface area (Å²) < 4.78 is 21.5. The van der Waals surface area contributed by atoms with E-state index in [4.69, 9.17) is 18.9 Å². The lowest BCUT2D eigenvalue weighted by atomic mass is 9.97. The zero-order valence-electron chi connectivity index (χ0n) is 19.5. The SMILES string of the molecule is COc1ccc(/C(C#N)=C/c2ccccc2/C=C(\C#N)c2ccc(OC)cc2OC)c(OC)c1. The predicted octanol–water partition coefficient (Wildman–Crippen LogP) is 5.85. The highest BCUT2D eigenvalue weighted by molar-refractivity contribution is 5.97. The molecule has 3 aromatic rings. The monoisotopic (exact) mass is 452 g/mol. The number of hydrogen-bond donors (Lipinski definition) is 0. The van der Waals surface area contributed by atoms with Crippen LogP contribution in [0.3, 0.4) is 0 Å². The molecule has 170 valence electrons. The summed E-state index contributed by atoms with van der Waals surface area (Å²) in [5.74, 6) is 2.32. The maximum Gasteiger partial charge on any atom is 0.131 e. The third-order valence-corrected chi connectivity index (χ3v) is 5.23. The van der Waals surface area contributed by atoms with Crippen molar-refractivity contribution >= 4 is 23.3 Å². The fraction of sp³-hybridized carbons (Fsp3) is 0.143. The number of methoxy groups -OCH3 is 4. The van der Waals surface area contributed by atoms with E-state index < -0.39 is 0 Å². The van der Waals surface area contributed by atoms with Gasteiger partial charge in [-0.15, -0.1) is 0 Å². The van der Waals surface area contributed by atoms with Gasteiger partial charge in [0, 0.05) is 23.3 Å². The summed E-state index contributed by atoms with van der Waals surface area (Å²) in [7, 11) is 6.24. The van der Waals surface area contributed by atoms with Gasteiger partial charge in [0.25, 0.3) is 0 Å². The van der Waals surface area contributed by atoms with Crippen LogP contribution in [0.15, 0.2) is 60.7 Å². The molecule has 0 aliphatic heterocycles. The number of rotatable bonds is 8. The van der Waals surface area contributed by atoms with Gasteiger partial charge in [0.1, 0.15) is 23.0 Å². The van der Waals surface area contributed by atoms with Crippen LogP contribution in [0, 0.1) is 22.7 Å². The first kappa shape index (κ1) is 24.0. The fourth-order valence-corrected chi connectivity index (χ4v) is 3.47. The molecule has 0 bridgehead atoms. The third-order valence-electron chi connectivity index (χ3n) is 5.23. The molecule has 0 N–H and O–H groups in total. The number of allylic oxidation sites excluding steroid dienone is 2. The molecule has 6 heteroatoms. The molecule has 0 unspecified atom stereocenters. The molecule has 0 spiro atoms. The second-order valence-corrected chi connectivity index (χ2v) is 7.10. The number of nitrogens with zero attached hydrogens (tertiary/aromatic N) is 2. The first-order valence-electron chi connectivity index (χ1n) is 10.4. The molecule has 0 amide bonds. The molecule has 0 fully saturated rings. The molecule has 0 radical (unpaired) electrons. The van der Waals surface area contributed by atoms with Crippen molar-refractivity contribution in [1.29, 1.82) is 10.5 Å². The van der Waals surface area contributed by atoms with Gasteiger partial charge in [-0.1, -0.05) is 24.3 Å². The van der Waals surface area contributed by atoms with Crippen LogP contribution < -0.4 is 18.9 Å². The number of ether oxygens (including phenoxy) is 4. The van der Waals surface area contributed by atoms with E-state index in [0.717, 1.165) is 11.1 Å². The Kier molecular flexibility index (Phi) is 7.94. The van der Waals surface area contributed by atoms with E-state index in [1.165, 1.54) is 0 Å². The summed E-state index contributed by atoms with van der Waals surface area (Å²) in [5.41, 5.74) is 3.67. The second-order valence-electron chi connectivity index (χ2n) is 7.10. The largest absolute Gasteiger partial charge is 0.497 e. The minimum atomic E-state index is 0.417. The van der Waals surface area contributed by atoms with Crippen molar-refractivity contribution in [3.63, 3.8) is 0 Å². The van der Waals surface area contributed by atoms with Crippen molar-refractivity contribution in [3.8, 4) is 35.1 Å². The highest BCUT2D eigenvalue weighted by atomic mass is 16.5. The summed E-state index contributed by atoms with van der Waals surface area (Å²) >= 11 is 0. The van der Waals surface area contributed by atoms with E-state index in [1.807, 2.05) is 24.3 Å². The standard InChI is InChI=1S/C28H24N2O4/c1-31-23-9-11-25(27(15-23)33-3)21(17-29)13-19-7-5-6-8-20(19)14-22(18-30)26-12-10-24(32-2)16-28(26)34-4/h5-16H,1-4H3/b21-13+,22-14+. The Morgan fingerprint density at radius 3 is 1.35 bits per heavy atom. The van der Waals surface area contributed by atoms with Crippen molar-refractivity contribution < 1.29 is 18.9 Å². The Labute approximate surface area is 199 Å². The van der Waals surface area contributed by atoms with Crippen LogP contribution in [0.5, 0.6) is 23.0 Å². The smallest absolute Gasteiger partial charge is 0.131 e. The average Bonchev–Trinajstić information content (AvgIpc) is 2.90. The molecule has 6 nitrogen and oxygen atoms in total. The molecule has 0 aliphatic rings. The van der Waals surface area contributed by atoms with E-state index in [-0.39, 0.29) is 0 Å². The van der Waals surface area contributed by atoms with Crippen LogP contribution in [0.2, 0.25) is 0 Å². The normalized spacial score (nSPS) is 11.2. The summed E-state index contributed by atoms with van der Waals surface area (Å²) in [6.07, 6.45) is 3.55. The van der Waals surface area contributed by atoms with Gasteiger partial charge >= 0.3 is 0 Å². The molecular formula is C28H24N2O4. The Balaban J connectivity index is 2.12. The zero-order valence-corrected chi connectivity index (χ0v) is 19.5. The van der Waals surface area contributed by atoms with E-state index in [1.54, 1.807) is 77.0 Å². The summed E-state index contributed by atoms with van der Waals surface area (Å²) in [6, 6.07) is 22.6. The molecule has 0 atom stereocenters. The van der Waals surface area contributed by atoms with Gasteiger partial charge in [-0.25, -0.2) is 0 Å². The van der Waals surface area contributed by atoms with Gasteiger partial charge in [-0.2, -0.15) is 10.5 Å². The van der Waals surface area contributed by atoms with Gasteiger partial charge < -0.3 is 18.9 Å². The zero-order chi connectivity index (χ0) is 24.5. The highest BCUT2D eigenvalue weighted by Crippen LogP contribution is 2.34. The quantitative estimate of drug-likeness (QED) is 0.315. The van der Waals surface area contributed by atoms with Crippen molar-refractivity contribution in [1.82, 2.24) is 0 Å². The Morgan fingerprint density at radius 2 is 1.03 bits per heavy atom. The highest BCUT2D eigenvalue weighted by Gasteiger charge is 2.13. The maximum absolute atomic E-state index is 9.90. The van der Waals surface area contributed by atoms with Crippen LogP contribution >= 0.6 is 0 Å². The number of benzene rings is 3. The lowest BCUT2D eigenvalue weighted by Gasteiger charge is -2.11. The molecule has 3 rings (SSSR count). The van der Waals surface area contributed by atoms with Crippen molar-refractivity contribution in [3.05, 3.63) is 82.9 Å². The van der Waals surface area contributed by atoms with Crippen molar-refractivity contribution in [2.45, 2.75) is 0 Å². The molecule has 0 saturated carbocycles. The van der Waals surface area contributed by atoms with E-state index in [2.05, 4.69) is 12.1 Å². The van der Waals surface area contributed by atoms with Gasteiger partial charge in [0.2, 0.25) is 0 Å². The van der Waals surface area contributed by atoms with Crippen molar-refractivity contribution in [2.75, 3.05) is 28.4 Å². The summed E-state index contributed by atoms with van der Waals surface area (Å²) in [4.78, 5) is 0. The molecular weight excluding hydrogens is 428 g/mol. The van der Waals surface area contributed by atoms with Crippen LogP contribution in [0.1, 0.15) is 22.3 Å². The van der Waals surface area contributed by atoms with Crippen LogP contribution in [0.4, 0.5) is 0 Å². The van der Waals surface area contributed by atoms with Gasteiger partial charge in [0.05, 0.1) is 51.7 Å². The predicted molar refractivity (Wildman–Crippen MR) is 133 cm³/mol. The number of nitriles is 2. The van der Waals surface area contributed by atoms with Crippen LogP contribution in [-0.4, -0.2) is 28.4 Å². The topological polar surface area (TPSA) is 84.5 Å². The first-order chi connectivity index (χ1) is 16.6. The van der Waals surface area contributed by atoms with Gasteiger partial charge in [-0.3, -0.25) is 0 Å². The molecule has 0 saturated heterocycles. The third kappa shape index (κ3) is 5.20.